The van der Waals surface area contributed by atoms with Crippen molar-refractivity contribution < 1.29 is 9.90 Å². The summed E-state index contributed by atoms with van der Waals surface area (Å²) < 4.78 is 0. The third kappa shape index (κ3) is 1.62. The first-order chi connectivity index (χ1) is 5.69. The average Bonchev–Trinajstić information content (AvgIpc) is 1.98. The van der Waals surface area contributed by atoms with Gasteiger partial charge in [-0.25, -0.2) is 0 Å². The fourth-order valence-corrected chi connectivity index (χ4v) is 2.15. The minimum atomic E-state index is -0.609. The van der Waals surface area contributed by atoms with Crippen LogP contribution >= 0.6 is 11.6 Å². The van der Waals surface area contributed by atoms with E-state index < -0.39 is 16.9 Å². The third-order valence-corrected chi connectivity index (χ3v) is 3.89. The first-order valence-electron chi connectivity index (χ1n) is 4.55. The SMILES string of the molecule is CC1(C)CC(=O)C(C)(C)[C@@H](Cl)[C@@H]1O. The summed E-state index contributed by atoms with van der Waals surface area (Å²) >= 11 is 6.07. The van der Waals surface area contributed by atoms with Gasteiger partial charge in [0.05, 0.1) is 11.5 Å². The van der Waals surface area contributed by atoms with Crippen LogP contribution in [0.3, 0.4) is 0 Å². The normalized spacial score (nSPS) is 37.5. The minimum absolute atomic E-state index is 0.141. The molecule has 3 heteroatoms. The van der Waals surface area contributed by atoms with Crippen LogP contribution in [0, 0.1) is 10.8 Å². The zero-order chi connectivity index (χ0) is 10.4. The van der Waals surface area contributed by atoms with Crippen LogP contribution in [0.15, 0.2) is 0 Å². The highest BCUT2D eigenvalue weighted by Crippen LogP contribution is 2.45. The van der Waals surface area contributed by atoms with Gasteiger partial charge < -0.3 is 5.11 Å². The second-order valence-corrected chi connectivity index (χ2v) is 5.63. The Morgan fingerprint density at radius 1 is 1.38 bits per heavy atom. The van der Waals surface area contributed by atoms with Gasteiger partial charge in [0.2, 0.25) is 0 Å². The molecule has 13 heavy (non-hydrogen) atoms. The summed E-state index contributed by atoms with van der Waals surface area (Å²) in [6.07, 6.45) is -0.202. The van der Waals surface area contributed by atoms with Gasteiger partial charge in [0.25, 0.3) is 0 Å². The van der Waals surface area contributed by atoms with E-state index in [1.165, 1.54) is 0 Å². The Morgan fingerprint density at radius 3 is 2.31 bits per heavy atom. The summed E-state index contributed by atoms with van der Waals surface area (Å²) in [4.78, 5) is 11.7. The number of aliphatic hydroxyl groups is 1. The number of carbonyl (C=O) groups excluding carboxylic acids is 1. The van der Waals surface area contributed by atoms with Gasteiger partial charge in [-0.05, 0) is 5.41 Å². The van der Waals surface area contributed by atoms with Gasteiger partial charge in [-0.3, -0.25) is 4.79 Å². The van der Waals surface area contributed by atoms with E-state index in [4.69, 9.17) is 11.6 Å². The van der Waals surface area contributed by atoms with Crippen LogP contribution in [0.25, 0.3) is 0 Å². The number of Topliss-reactive ketones (excluding diaryl/α,β-unsaturated/α-hetero) is 1. The average molecular weight is 205 g/mol. The maximum absolute atomic E-state index is 11.7. The Labute approximate surface area is 84.3 Å². The molecule has 0 radical (unpaired) electrons. The highest BCUT2D eigenvalue weighted by atomic mass is 35.5. The molecule has 1 aliphatic carbocycles. The van der Waals surface area contributed by atoms with Crippen molar-refractivity contribution in [1.82, 2.24) is 0 Å². The van der Waals surface area contributed by atoms with Crippen LogP contribution < -0.4 is 0 Å². The second-order valence-electron chi connectivity index (χ2n) is 5.16. The van der Waals surface area contributed by atoms with Crippen molar-refractivity contribution >= 4 is 17.4 Å². The van der Waals surface area contributed by atoms with E-state index in [2.05, 4.69) is 0 Å². The van der Waals surface area contributed by atoms with Crippen LogP contribution in [-0.4, -0.2) is 22.4 Å². The van der Waals surface area contributed by atoms with Gasteiger partial charge in [0.1, 0.15) is 5.78 Å². The highest BCUT2D eigenvalue weighted by molar-refractivity contribution is 6.23. The molecule has 2 nitrogen and oxygen atoms in total. The van der Waals surface area contributed by atoms with E-state index in [-0.39, 0.29) is 11.2 Å². The number of ketones is 1. The Kier molecular flexibility index (Phi) is 2.50. The molecule has 0 amide bonds. The van der Waals surface area contributed by atoms with E-state index in [1.807, 2.05) is 13.8 Å². The molecule has 1 rings (SSSR count). The number of alkyl halides is 1. The molecule has 0 aromatic heterocycles. The van der Waals surface area contributed by atoms with Gasteiger partial charge in [-0.2, -0.15) is 0 Å². The van der Waals surface area contributed by atoms with Crippen molar-refractivity contribution in [3.63, 3.8) is 0 Å². The standard InChI is InChI=1S/C10H17ClO2/c1-9(2)5-6(12)10(3,4)7(11)8(9)13/h7-8,13H,5H2,1-4H3/t7-,8-/m0/s1. The van der Waals surface area contributed by atoms with Crippen LogP contribution in [0.5, 0.6) is 0 Å². The quantitative estimate of drug-likeness (QED) is 0.613. The number of halogens is 1. The first-order valence-corrected chi connectivity index (χ1v) is 4.98. The molecule has 0 saturated heterocycles. The summed E-state index contributed by atoms with van der Waals surface area (Å²) in [5.41, 5.74) is -0.991. The number of hydrogen-bond acceptors (Lipinski definition) is 2. The summed E-state index contributed by atoms with van der Waals surface area (Å²) in [5.74, 6) is 0.141. The molecule has 2 atom stereocenters. The van der Waals surface area contributed by atoms with Crippen molar-refractivity contribution in [2.24, 2.45) is 10.8 Å². The predicted octanol–water partition coefficient (Wildman–Crippen LogP) is 1.98. The molecule has 0 bridgehead atoms. The maximum atomic E-state index is 11.7. The lowest BCUT2D eigenvalue weighted by atomic mass is 9.64. The lowest BCUT2D eigenvalue weighted by molar-refractivity contribution is -0.140. The number of carbonyl (C=O) groups is 1. The number of rotatable bonds is 0. The smallest absolute Gasteiger partial charge is 0.140 e. The Balaban J connectivity index is 3.00. The fraction of sp³-hybridized carbons (Fsp3) is 0.900. The van der Waals surface area contributed by atoms with Crippen LogP contribution in [-0.2, 0) is 4.79 Å². The van der Waals surface area contributed by atoms with Crippen molar-refractivity contribution in [3.8, 4) is 0 Å². The predicted molar refractivity (Wildman–Crippen MR) is 52.8 cm³/mol. The lowest BCUT2D eigenvalue weighted by Crippen LogP contribution is -2.54. The highest BCUT2D eigenvalue weighted by Gasteiger charge is 2.51. The summed E-state index contributed by atoms with van der Waals surface area (Å²) in [6.45, 7) is 7.34. The molecule has 0 unspecified atom stereocenters. The largest absolute Gasteiger partial charge is 0.391 e. The maximum Gasteiger partial charge on any atom is 0.140 e. The molecule has 1 saturated carbocycles. The summed E-state index contributed by atoms with van der Waals surface area (Å²) in [6, 6.07) is 0. The monoisotopic (exact) mass is 204 g/mol. The molecule has 76 valence electrons. The van der Waals surface area contributed by atoms with Crippen LogP contribution in [0.4, 0.5) is 0 Å². The molecule has 1 aliphatic rings. The topological polar surface area (TPSA) is 37.3 Å². The second kappa shape index (κ2) is 2.96. The minimum Gasteiger partial charge on any atom is -0.391 e. The molecular formula is C10H17ClO2. The summed E-state index contributed by atoms with van der Waals surface area (Å²) in [7, 11) is 0. The van der Waals surface area contributed by atoms with Crippen LogP contribution in [0.2, 0.25) is 0 Å². The van der Waals surface area contributed by atoms with Crippen molar-refractivity contribution in [2.45, 2.75) is 45.6 Å². The third-order valence-electron chi connectivity index (χ3n) is 3.10. The molecule has 0 spiro atoms. The zero-order valence-electron chi connectivity index (χ0n) is 8.60. The molecule has 0 aromatic carbocycles. The van der Waals surface area contributed by atoms with E-state index in [0.717, 1.165) is 0 Å². The lowest BCUT2D eigenvalue weighted by Gasteiger charge is -2.45. The van der Waals surface area contributed by atoms with Gasteiger partial charge in [-0.1, -0.05) is 27.7 Å². The number of aliphatic hydroxyl groups excluding tert-OH is 1. The van der Waals surface area contributed by atoms with E-state index >= 15 is 0 Å². The Morgan fingerprint density at radius 2 is 1.85 bits per heavy atom. The molecule has 1 fully saturated rings. The van der Waals surface area contributed by atoms with Crippen molar-refractivity contribution in [2.75, 3.05) is 0 Å². The van der Waals surface area contributed by atoms with Gasteiger partial charge >= 0.3 is 0 Å². The van der Waals surface area contributed by atoms with E-state index in [9.17, 15) is 9.90 Å². The van der Waals surface area contributed by atoms with Gasteiger partial charge in [-0.15, -0.1) is 11.6 Å². The number of hydrogen-bond donors (Lipinski definition) is 1. The zero-order valence-corrected chi connectivity index (χ0v) is 9.35. The molecule has 0 heterocycles. The molecular weight excluding hydrogens is 188 g/mol. The van der Waals surface area contributed by atoms with Crippen molar-refractivity contribution in [1.29, 1.82) is 0 Å². The van der Waals surface area contributed by atoms with Crippen LogP contribution in [0.1, 0.15) is 34.1 Å². The molecule has 1 N–H and O–H groups in total. The first kappa shape index (κ1) is 11.0. The molecule has 0 aliphatic heterocycles. The Bertz CT molecular complexity index is 233. The fourth-order valence-electron chi connectivity index (χ4n) is 1.69. The van der Waals surface area contributed by atoms with E-state index in [1.54, 1.807) is 13.8 Å². The summed E-state index contributed by atoms with van der Waals surface area (Å²) in [5, 5.41) is 9.39. The molecule has 0 aromatic rings. The Hall–Kier alpha value is -0.0800. The van der Waals surface area contributed by atoms with Gasteiger partial charge in [0.15, 0.2) is 0 Å². The van der Waals surface area contributed by atoms with Gasteiger partial charge in [0, 0.05) is 11.8 Å². The van der Waals surface area contributed by atoms with E-state index in [0.29, 0.717) is 6.42 Å². The van der Waals surface area contributed by atoms with Crippen molar-refractivity contribution in [3.05, 3.63) is 0 Å².